The molecule has 0 aliphatic carbocycles. The monoisotopic (exact) mass is 300 g/mol. The molecule has 1 aliphatic heterocycles. The van der Waals surface area contributed by atoms with Gasteiger partial charge >= 0.3 is 12.0 Å². The van der Waals surface area contributed by atoms with Crippen LogP contribution in [0.4, 0.5) is 4.79 Å². The molecule has 0 radical (unpaired) electrons. The van der Waals surface area contributed by atoms with E-state index in [4.69, 9.17) is 10.8 Å². The van der Waals surface area contributed by atoms with Crippen LogP contribution in [0.15, 0.2) is 0 Å². The van der Waals surface area contributed by atoms with Crippen LogP contribution >= 0.6 is 0 Å². The van der Waals surface area contributed by atoms with E-state index in [0.29, 0.717) is 19.0 Å². The highest BCUT2D eigenvalue weighted by atomic mass is 16.4. The van der Waals surface area contributed by atoms with Gasteiger partial charge in [0.1, 0.15) is 5.54 Å². The van der Waals surface area contributed by atoms with E-state index in [9.17, 15) is 14.4 Å². The molecule has 0 saturated carbocycles. The van der Waals surface area contributed by atoms with Gasteiger partial charge in [-0.3, -0.25) is 19.8 Å². The number of urea groups is 1. The van der Waals surface area contributed by atoms with Crippen molar-refractivity contribution in [2.24, 2.45) is 11.7 Å². The number of nitrogens with one attached hydrogen (secondary N) is 2. The van der Waals surface area contributed by atoms with E-state index < -0.39 is 23.4 Å². The predicted molar refractivity (Wildman–Crippen MR) is 76.6 cm³/mol. The lowest BCUT2D eigenvalue weighted by Gasteiger charge is -2.19. The van der Waals surface area contributed by atoms with E-state index in [1.54, 1.807) is 4.90 Å². The van der Waals surface area contributed by atoms with Crippen LogP contribution in [0.1, 0.15) is 26.7 Å². The minimum atomic E-state index is -1.31. The third kappa shape index (κ3) is 5.68. The Balaban J connectivity index is 2.28. The van der Waals surface area contributed by atoms with Crippen molar-refractivity contribution in [2.75, 3.05) is 26.2 Å². The molecule has 1 atom stereocenters. The molecular weight excluding hydrogens is 276 g/mol. The lowest BCUT2D eigenvalue weighted by Crippen LogP contribution is -2.51. The van der Waals surface area contributed by atoms with Crippen molar-refractivity contribution in [3.63, 3.8) is 0 Å². The molecule has 8 heteroatoms. The number of hydrogen-bond donors (Lipinski definition) is 4. The van der Waals surface area contributed by atoms with E-state index in [0.717, 1.165) is 6.42 Å². The Morgan fingerprint density at radius 3 is 2.57 bits per heavy atom. The molecule has 1 saturated heterocycles. The van der Waals surface area contributed by atoms with Crippen molar-refractivity contribution in [2.45, 2.75) is 32.2 Å². The van der Waals surface area contributed by atoms with Gasteiger partial charge in [-0.2, -0.15) is 0 Å². The lowest BCUT2D eigenvalue weighted by molar-refractivity contribution is -0.143. The van der Waals surface area contributed by atoms with Crippen LogP contribution in [0.25, 0.3) is 0 Å². The van der Waals surface area contributed by atoms with Crippen molar-refractivity contribution in [3.8, 4) is 0 Å². The summed E-state index contributed by atoms with van der Waals surface area (Å²) >= 11 is 0. The minimum Gasteiger partial charge on any atom is -0.480 e. The zero-order valence-corrected chi connectivity index (χ0v) is 12.5. The second-order valence-corrected chi connectivity index (χ2v) is 5.91. The topological polar surface area (TPSA) is 125 Å². The van der Waals surface area contributed by atoms with E-state index in [1.165, 1.54) is 0 Å². The van der Waals surface area contributed by atoms with Gasteiger partial charge in [-0.25, -0.2) is 4.79 Å². The third-order valence-electron chi connectivity index (χ3n) is 3.43. The molecule has 0 aromatic carbocycles. The van der Waals surface area contributed by atoms with Crippen LogP contribution in [0, 0.1) is 5.92 Å². The van der Waals surface area contributed by atoms with Crippen molar-refractivity contribution in [3.05, 3.63) is 0 Å². The molecule has 5 N–H and O–H groups in total. The molecule has 1 aliphatic rings. The van der Waals surface area contributed by atoms with Crippen LogP contribution in [-0.2, 0) is 9.59 Å². The van der Waals surface area contributed by atoms with Crippen molar-refractivity contribution >= 4 is 17.9 Å². The Kier molecular flexibility index (Phi) is 6.10. The van der Waals surface area contributed by atoms with Gasteiger partial charge in [-0.05, 0) is 18.8 Å². The second-order valence-electron chi connectivity index (χ2n) is 5.91. The molecule has 0 bridgehead atoms. The zero-order valence-electron chi connectivity index (χ0n) is 12.5. The van der Waals surface area contributed by atoms with Crippen LogP contribution < -0.4 is 16.4 Å². The van der Waals surface area contributed by atoms with Crippen molar-refractivity contribution < 1.29 is 19.5 Å². The maximum atomic E-state index is 11.7. The van der Waals surface area contributed by atoms with Gasteiger partial charge in [0.25, 0.3) is 0 Å². The highest BCUT2D eigenvalue weighted by molar-refractivity contribution is 5.95. The molecule has 1 heterocycles. The number of carboxylic acids is 1. The number of amides is 3. The molecule has 0 spiro atoms. The summed E-state index contributed by atoms with van der Waals surface area (Å²) in [6.45, 7) is 5.07. The number of rotatable bonds is 6. The van der Waals surface area contributed by atoms with Crippen LogP contribution in [0.3, 0.4) is 0 Å². The van der Waals surface area contributed by atoms with E-state index >= 15 is 0 Å². The Morgan fingerprint density at radius 2 is 2.05 bits per heavy atom. The summed E-state index contributed by atoms with van der Waals surface area (Å²) in [5.41, 5.74) is 4.41. The lowest BCUT2D eigenvalue weighted by atomic mass is 10.0. The van der Waals surface area contributed by atoms with E-state index in [-0.39, 0.29) is 19.5 Å². The van der Waals surface area contributed by atoms with Gasteiger partial charge in [-0.15, -0.1) is 0 Å². The average Bonchev–Trinajstić information content (AvgIpc) is 2.71. The molecule has 0 aromatic rings. The highest BCUT2D eigenvalue weighted by Gasteiger charge is 2.41. The number of carboxylic acid groups (broad SMARTS) is 1. The summed E-state index contributed by atoms with van der Waals surface area (Å²) in [6.07, 6.45) is 1.12. The number of aliphatic carboxylic acids is 1. The number of imide groups is 1. The van der Waals surface area contributed by atoms with Crippen LogP contribution in [-0.4, -0.2) is 59.6 Å². The molecule has 21 heavy (non-hydrogen) atoms. The first-order valence-electron chi connectivity index (χ1n) is 7.05. The first-order chi connectivity index (χ1) is 9.73. The number of nitrogens with zero attached hydrogens (tertiary/aromatic N) is 1. The third-order valence-corrected chi connectivity index (χ3v) is 3.43. The average molecular weight is 300 g/mol. The number of carbonyl (C=O) groups is 3. The van der Waals surface area contributed by atoms with Gasteiger partial charge in [-0.1, -0.05) is 13.8 Å². The normalized spacial score (nSPS) is 22.3. The molecule has 1 unspecified atom stereocenters. The standard InChI is InChI=1S/C13H24N4O4/c1-9(2)3-5-15-12(21)16-10(18)7-17-6-4-13(14,8-17)11(19)20/h9H,3-8,14H2,1-2H3,(H,19,20)(H2,15,16,18,21). The fourth-order valence-electron chi connectivity index (χ4n) is 2.11. The SMILES string of the molecule is CC(C)CCNC(=O)NC(=O)CN1CCC(N)(C(=O)O)C1. The summed E-state index contributed by atoms with van der Waals surface area (Å²) in [5.74, 6) is -1.07. The summed E-state index contributed by atoms with van der Waals surface area (Å²) in [4.78, 5) is 35.8. The zero-order chi connectivity index (χ0) is 16.0. The molecule has 3 amide bonds. The first kappa shape index (κ1) is 17.4. The van der Waals surface area contributed by atoms with Gasteiger partial charge in [0, 0.05) is 19.6 Å². The first-order valence-corrected chi connectivity index (χ1v) is 7.05. The summed E-state index contributed by atoms with van der Waals surface area (Å²) in [7, 11) is 0. The Hall–Kier alpha value is -1.67. The van der Waals surface area contributed by atoms with Gasteiger partial charge in [0.2, 0.25) is 5.91 Å². The molecule has 0 aromatic heterocycles. The van der Waals surface area contributed by atoms with E-state index in [1.807, 2.05) is 13.8 Å². The Bertz CT molecular complexity index is 413. The van der Waals surface area contributed by atoms with Crippen molar-refractivity contribution in [1.29, 1.82) is 0 Å². The molecule has 120 valence electrons. The number of carbonyl (C=O) groups excluding carboxylic acids is 2. The second kappa shape index (κ2) is 7.37. The maximum absolute atomic E-state index is 11.7. The van der Waals surface area contributed by atoms with Crippen molar-refractivity contribution in [1.82, 2.24) is 15.5 Å². The molecular formula is C13H24N4O4. The number of nitrogens with two attached hydrogens (primary N) is 1. The fraction of sp³-hybridized carbons (Fsp3) is 0.769. The van der Waals surface area contributed by atoms with Crippen LogP contribution in [0.2, 0.25) is 0 Å². The maximum Gasteiger partial charge on any atom is 0.325 e. The van der Waals surface area contributed by atoms with Gasteiger partial charge in [0.05, 0.1) is 6.54 Å². The van der Waals surface area contributed by atoms with Gasteiger partial charge in [0.15, 0.2) is 0 Å². The molecule has 1 rings (SSSR count). The highest BCUT2D eigenvalue weighted by Crippen LogP contribution is 2.18. The molecule has 1 fully saturated rings. The Labute approximate surface area is 124 Å². The van der Waals surface area contributed by atoms with Crippen LogP contribution in [0.5, 0.6) is 0 Å². The smallest absolute Gasteiger partial charge is 0.325 e. The van der Waals surface area contributed by atoms with Gasteiger partial charge < -0.3 is 16.2 Å². The summed E-state index contributed by atoms with van der Waals surface area (Å²) in [6, 6.07) is -0.530. The van der Waals surface area contributed by atoms with E-state index in [2.05, 4.69) is 10.6 Å². The number of likely N-dealkylation sites (tertiary alicyclic amines) is 1. The largest absolute Gasteiger partial charge is 0.480 e. The summed E-state index contributed by atoms with van der Waals surface area (Å²) < 4.78 is 0. The Morgan fingerprint density at radius 1 is 1.38 bits per heavy atom. The predicted octanol–water partition coefficient (Wildman–Crippen LogP) is -0.654. The molecule has 8 nitrogen and oxygen atoms in total. The summed E-state index contributed by atoms with van der Waals surface area (Å²) in [5, 5.41) is 13.8. The minimum absolute atomic E-state index is 0.0379. The quantitative estimate of drug-likeness (QED) is 0.516. The fourth-order valence-corrected chi connectivity index (χ4v) is 2.11. The number of hydrogen-bond acceptors (Lipinski definition) is 5.